The first-order chi connectivity index (χ1) is 29.3. The topological polar surface area (TPSA) is 104 Å². The second-order valence-electron chi connectivity index (χ2n) is 15.3. The highest BCUT2D eigenvalue weighted by molar-refractivity contribution is 7.99. The number of methoxy groups -OCH3 is 2. The first-order valence-electron chi connectivity index (χ1n) is 20.3. The van der Waals surface area contributed by atoms with Crippen molar-refractivity contribution in [2.24, 2.45) is 4.99 Å². The minimum atomic E-state index is -0.433. The van der Waals surface area contributed by atoms with Crippen LogP contribution in [0.15, 0.2) is 106 Å². The lowest BCUT2D eigenvalue weighted by molar-refractivity contribution is 0.0691. The number of amides is 1. The van der Waals surface area contributed by atoms with Crippen LogP contribution in [0.3, 0.4) is 0 Å². The van der Waals surface area contributed by atoms with Gasteiger partial charge in [0.2, 0.25) is 0 Å². The molecule has 0 unspecified atom stereocenters. The highest BCUT2D eigenvalue weighted by Gasteiger charge is 2.35. The second-order valence-corrected chi connectivity index (χ2v) is 17.5. The number of hydrogen-bond acceptors (Lipinski definition) is 9. The lowest BCUT2D eigenvalue weighted by Gasteiger charge is -2.35. The smallest absolute Gasteiger partial charge is 0.332 e. The number of likely N-dealkylation sites (tertiary alicyclic amines) is 1. The number of carbonyl (C=O) groups excluding carboxylic acids is 1. The summed E-state index contributed by atoms with van der Waals surface area (Å²) in [5.74, 6) is 3.60. The molecule has 2 aromatic heterocycles. The second kappa shape index (κ2) is 16.8. The van der Waals surface area contributed by atoms with Gasteiger partial charge in [-0.15, -0.1) is 11.3 Å². The molecule has 6 aromatic rings. The van der Waals surface area contributed by atoms with E-state index in [0.29, 0.717) is 76.2 Å². The Morgan fingerprint density at radius 3 is 2.37 bits per heavy atom. The predicted molar refractivity (Wildman–Crippen MR) is 237 cm³/mol. The Bertz CT molecular complexity index is 2740. The number of piperidine rings is 1. The van der Waals surface area contributed by atoms with Gasteiger partial charge in [0.1, 0.15) is 16.3 Å². The van der Waals surface area contributed by atoms with Gasteiger partial charge in [0.05, 0.1) is 44.6 Å². The molecule has 1 amide bonds. The molecular formula is C47H45FN4O6S2. The standard InChI is InChI=1S/C47H45FN4O6S2/c1-4-58-41-23-34-35(24-40(41)57-3)43(49-37-18-21-59-27-36(34)37)29-10-12-30(13-11-29)45(53)50-19-16-32(17-20-50)52-46(54)44-38(51(47(52)55)26-28-8-6-5-7-9-28)25-42(60-44)33-15-14-31(48)22-39(33)56-2/h5-15,22-25,32,36-37H,4,16-21,26-27H2,1-3H3/t36-,37-/m1/s1. The normalized spacial score (nSPS) is 17.8. The van der Waals surface area contributed by atoms with Crippen molar-refractivity contribution in [2.75, 3.05) is 45.4 Å². The molecule has 5 heterocycles. The maximum absolute atomic E-state index is 14.4. The summed E-state index contributed by atoms with van der Waals surface area (Å²) >= 11 is 3.22. The highest BCUT2D eigenvalue weighted by atomic mass is 32.2. The molecule has 3 aliphatic rings. The Balaban J connectivity index is 0.978. The molecule has 0 radical (unpaired) electrons. The lowest BCUT2D eigenvalue weighted by atomic mass is 9.81. The predicted octanol–water partition coefficient (Wildman–Crippen LogP) is 8.41. The van der Waals surface area contributed by atoms with E-state index < -0.39 is 17.5 Å². The molecule has 2 fully saturated rings. The summed E-state index contributed by atoms with van der Waals surface area (Å²) in [6.45, 7) is 3.55. The Morgan fingerprint density at radius 1 is 0.867 bits per heavy atom. The number of aromatic nitrogens is 2. The molecule has 4 aromatic carbocycles. The van der Waals surface area contributed by atoms with Gasteiger partial charge in [0.25, 0.3) is 11.5 Å². The monoisotopic (exact) mass is 844 g/mol. The molecule has 10 nitrogen and oxygen atoms in total. The van der Waals surface area contributed by atoms with Crippen LogP contribution in [0.4, 0.5) is 4.39 Å². The first kappa shape index (κ1) is 39.8. The highest BCUT2D eigenvalue weighted by Crippen LogP contribution is 2.44. The summed E-state index contributed by atoms with van der Waals surface area (Å²) < 4.78 is 34.8. The zero-order valence-electron chi connectivity index (χ0n) is 33.7. The zero-order chi connectivity index (χ0) is 41.5. The van der Waals surface area contributed by atoms with Crippen LogP contribution in [0, 0.1) is 5.82 Å². The number of aliphatic imine (C=N–C) groups is 1. The van der Waals surface area contributed by atoms with Gasteiger partial charge in [0.15, 0.2) is 11.5 Å². The third kappa shape index (κ3) is 7.31. The summed E-state index contributed by atoms with van der Waals surface area (Å²) in [7, 11) is 3.13. The van der Waals surface area contributed by atoms with E-state index >= 15 is 0 Å². The molecule has 2 atom stereocenters. The van der Waals surface area contributed by atoms with Crippen LogP contribution in [0.1, 0.15) is 70.8 Å². The average molecular weight is 845 g/mol. The van der Waals surface area contributed by atoms with Crippen molar-refractivity contribution in [3.8, 4) is 27.7 Å². The van der Waals surface area contributed by atoms with Gasteiger partial charge in [-0.05, 0) is 85.5 Å². The first-order valence-corrected chi connectivity index (χ1v) is 22.3. The molecule has 0 bridgehead atoms. The Labute approximate surface area is 355 Å². The summed E-state index contributed by atoms with van der Waals surface area (Å²) in [5.41, 5.74) is 5.95. The van der Waals surface area contributed by atoms with Crippen molar-refractivity contribution in [3.05, 3.63) is 145 Å². The lowest BCUT2D eigenvalue weighted by Crippen LogP contribution is -2.46. The van der Waals surface area contributed by atoms with Crippen molar-refractivity contribution < 1.29 is 23.4 Å². The molecule has 0 aliphatic carbocycles. The van der Waals surface area contributed by atoms with Crippen molar-refractivity contribution in [1.82, 2.24) is 14.0 Å². The van der Waals surface area contributed by atoms with E-state index in [2.05, 4.69) is 6.07 Å². The number of carbonyl (C=O) groups is 1. The number of fused-ring (bicyclic) bond motifs is 4. The SMILES string of the molecule is CCOc1cc2c(cc1OC)C(c1ccc(C(=O)N3CCC(n4c(=O)c5sc(-c6ccc(F)cc6OC)cc5n(Cc5ccccc5)c4=O)CC3)cc1)=N[C@@H]1CCSC[C@H]21. The maximum atomic E-state index is 14.4. The molecule has 9 rings (SSSR count). The van der Waals surface area contributed by atoms with Gasteiger partial charge in [-0.25, -0.2) is 9.18 Å². The summed E-state index contributed by atoms with van der Waals surface area (Å²) in [4.78, 5) is 50.5. The fourth-order valence-corrected chi connectivity index (χ4v) is 11.2. The van der Waals surface area contributed by atoms with Crippen LogP contribution >= 0.6 is 23.1 Å². The number of benzene rings is 4. The summed E-state index contributed by atoms with van der Waals surface area (Å²) in [5, 5.41) is 0. The van der Waals surface area contributed by atoms with E-state index in [9.17, 15) is 18.8 Å². The van der Waals surface area contributed by atoms with E-state index in [-0.39, 0.29) is 24.1 Å². The van der Waals surface area contributed by atoms with Crippen LogP contribution < -0.4 is 25.5 Å². The number of thioether (sulfide) groups is 1. The van der Waals surface area contributed by atoms with Crippen LogP contribution in [0.25, 0.3) is 20.7 Å². The average Bonchev–Trinajstić information content (AvgIpc) is 3.73. The van der Waals surface area contributed by atoms with E-state index in [4.69, 9.17) is 19.2 Å². The van der Waals surface area contributed by atoms with Crippen molar-refractivity contribution >= 4 is 44.9 Å². The maximum Gasteiger partial charge on any atom is 0.332 e. The molecule has 308 valence electrons. The van der Waals surface area contributed by atoms with E-state index in [1.165, 1.54) is 40.7 Å². The zero-order valence-corrected chi connectivity index (χ0v) is 35.3. The van der Waals surface area contributed by atoms with Crippen LogP contribution in [0.2, 0.25) is 0 Å². The number of thiophene rings is 1. The number of rotatable bonds is 10. The summed E-state index contributed by atoms with van der Waals surface area (Å²) in [6.07, 6.45) is 1.89. The molecule has 2 saturated heterocycles. The Hall–Kier alpha value is -5.66. The molecule has 0 saturated carbocycles. The van der Waals surface area contributed by atoms with Gasteiger partial charge in [-0.1, -0.05) is 42.5 Å². The van der Waals surface area contributed by atoms with Gasteiger partial charge >= 0.3 is 5.69 Å². The molecular weight excluding hydrogens is 800 g/mol. The minimum Gasteiger partial charge on any atom is -0.496 e. The van der Waals surface area contributed by atoms with Gasteiger partial charge in [-0.3, -0.25) is 23.7 Å². The molecule has 60 heavy (non-hydrogen) atoms. The van der Waals surface area contributed by atoms with E-state index in [1.807, 2.05) is 85.4 Å². The van der Waals surface area contributed by atoms with Crippen LogP contribution in [-0.4, -0.2) is 77.1 Å². The largest absolute Gasteiger partial charge is 0.496 e. The third-order valence-corrected chi connectivity index (χ3v) is 14.2. The quantitative estimate of drug-likeness (QED) is 0.137. The van der Waals surface area contributed by atoms with Gasteiger partial charge in [-0.2, -0.15) is 11.8 Å². The third-order valence-electron chi connectivity index (χ3n) is 11.9. The van der Waals surface area contributed by atoms with E-state index in [0.717, 1.165) is 46.1 Å². The Morgan fingerprint density at radius 2 is 1.63 bits per heavy atom. The number of nitrogens with zero attached hydrogens (tertiary/aromatic N) is 4. The molecule has 3 aliphatic heterocycles. The van der Waals surface area contributed by atoms with Crippen LogP contribution in [0.5, 0.6) is 17.2 Å². The number of hydrogen-bond donors (Lipinski definition) is 0. The van der Waals surface area contributed by atoms with Crippen molar-refractivity contribution in [1.29, 1.82) is 0 Å². The molecule has 0 spiro atoms. The molecule has 13 heteroatoms. The van der Waals surface area contributed by atoms with Crippen molar-refractivity contribution in [2.45, 2.75) is 50.7 Å². The van der Waals surface area contributed by atoms with E-state index in [1.54, 1.807) is 22.6 Å². The minimum absolute atomic E-state index is 0.0983. The van der Waals surface area contributed by atoms with Gasteiger partial charge in [0, 0.05) is 64.0 Å². The fourth-order valence-electron chi connectivity index (χ4n) is 8.85. The number of ether oxygens (including phenoxy) is 3. The number of halogens is 1. The Kier molecular flexibility index (Phi) is 11.1. The van der Waals surface area contributed by atoms with Crippen LogP contribution in [-0.2, 0) is 6.54 Å². The fraction of sp³-hybridized carbons (Fsp3) is 0.319. The summed E-state index contributed by atoms with van der Waals surface area (Å²) in [6, 6.07) is 27.4. The molecule has 0 N–H and O–H groups in total. The van der Waals surface area contributed by atoms with Gasteiger partial charge < -0.3 is 19.1 Å². The van der Waals surface area contributed by atoms with Crippen molar-refractivity contribution in [3.63, 3.8) is 0 Å².